The van der Waals surface area contributed by atoms with Gasteiger partial charge >= 0.3 is 21.1 Å². The summed E-state index contributed by atoms with van der Waals surface area (Å²) in [5, 5.41) is 3.17. The van der Waals surface area contributed by atoms with Gasteiger partial charge in [0.15, 0.2) is 0 Å². The topological polar surface area (TPSA) is 55.1 Å². The summed E-state index contributed by atoms with van der Waals surface area (Å²) in [5.74, 6) is 0.454. The summed E-state index contributed by atoms with van der Waals surface area (Å²) in [7, 11) is 2.75. The molecule has 0 radical (unpaired) electrons. The summed E-state index contributed by atoms with van der Waals surface area (Å²) in [6.07, 6.45) is 0.590. The van der Waals surface area contributed by atoms with Crippen molar-refractivity contribution in [3.8, 4) is 0 Å². The first kappa shape index (κ1) is 18.8. The van der Waals surface area contributed by atoms with Crippen LogP contribution in [0.1, 0.15) is 20.3 Å². The normalized spacial score (nSPS) is 10.5. The summed E-state index contributed by atoms with van der Waals surface area (Å²) in [6.45, 7) is 9.30. The Balaban J connectivity index is -0.000000309. The Morgan fingerprint density at radius 2 is 2.00 bits per heavy atom. The van der Waals surface area contributed by atoms with Crippen LogP contribution in [-0.4, -0.2) is 18.9 Å². The second-order valence-corrected chi connectivity index (χ2v) is 2.66. The van der Waals surface area contributed by atoms with Crippen LogP contribution in [-0.2, 0) is 25.9 Å². The van der Waals surface area contributed by atoms with Crippen LogP contribution in [0.15, 0.2) is 0 Å². The number of hydrogen-bond acceptors (Lipinski definition) is 3. The van der Waals surface area contributed by atoms with Gasteiger partial charge in [-0.15, -0.1) is 0 Å². The van der Waals surface area contributed by atoms with Gasteiger partial charge in [0.25, 0.3) is 0 Å². The van der Waals surface area contributed by atoms with E-state index in [0.717, 1.165) is 13.1 Å². The first-order valence-corrected chi connectivity index (χ1v) is 4.13. The number of ketones is 1. The van der Waals surface area contributed by atoms with Gasteiger partial charge in [0.05, 0.1) is 0 Å². The molecule has 13 heavy (non-hydrogen) atoms. The average molecular weight is 356 g/mol. The minimum atomic E-state index is 0. The number of Topliss-reactive ketones (excluding diaryl/α,β-unsaturated/α-hetero) is 1. The summed E-state index contributed by atoms with van der Waals surface area (Å²) < 4.78 is 0. The molecule has 0 saturated carbocycles. The van der Waals surface area contributed by atoms with Crippen LogP contribution >= 0.6 is 0 Å². The zero-order valence-corrected chi connectivity index (χ0v) is 11.4. The number of nitrogens with one attached hydrogen (secondary N) is 1. The predicted octanol–water partition coefficient (Wildman–Crippen LogP) is 0.759. The van der Waals surface area contributed by atoms with Crippen molar-refractivity contribution in [1.82, 2.24) is 5.32 Å². The summed E-state index contributed by atoms with van der Waals surface area (Å²) in [5.41, 5.74) is 4.25. The second-order valence-electron chi connectivity index (χ2n) is 2.66. The van der Waals surface area contributed by atoms with Gasteiger partial charge in [-0.2, -0.15) is 0 Å². The molecule has 0 aliphatic carbocycles. The molecule has 0 aromatic carbocycles. The zero-order chi connectivity index (χ0) is 9.98. The fourth-order valence-corrected chi connectivity index (χ4v) is 0.852. The fourth-order valence-electron chi connectivity index (χ4n) is 0.852. The van der Waals surface area contributed by atoms with Crippen molar-refractivity contribution in [2.24, 2.45) is 11.7 Å². The largest absolute Gasteiger partial charge is 2.00 e. The molecule has 3 N–H and O–H groups in total. The molecule has 0 aliphatic rings. The molecule has 0 rings (SSSR count). The number of hydrogen-bond donors (Lipinski definition) is 2. The van der Waals surface area contributed by atoms with Crippen LogP contribution in [0.4, 0.5) is 0 Å². The van der Waals surface area contributed by atoms with E-state index in [4.69, 9.17) is 0 Å². The van der Waals surface area contributed by atoms with Crippen molar-refractivity contribution in [2.75, 3.05) is 13.1 Å². The van der Waals surface area contributed by atoms with Gasteiger partial charge in [-0.1, -0.05) is 13.8 Å². The molecule has 3 nitrogen and oxygen atoms in total. The summed E-state index contributed by atoms with van der Waals surface area (Å²) in [6, 6.07) is 0. The van der Waals surface area contributed by atoms with Gasteiger partial charge in [0.2, 0.25) is 0 Å². The van der Waals surface area contributed by atoms with Crippen molar-refractivity contribution in [2.45, 2.75) is 20.3 Å². The molecule has 0 amide bonds. The van der Waals surface area contributed by atoms with Crippen molar-refractivity contribution < 1.29 is 25.9 Å². The van der Waals surface area contributed by atoms with E-state index in [0.29, 0.717) is 12.3 Å². The van der Waals surface area contributed by atoms with E-state index in [1.54, 1.807) is 0 Å². The van der Waals surface area contributed by atoms with Crippen molar-refractivity contribution >= 4 is 5.78 Å². The van der Waals surface area contributed by atoms with E-state index >= 15 is 0 Å². The van der Waals surface area contributed by atoms with E-state index in [9.17, 15) is 4.79 Å². The second kappa shape index (κ2) is 14.7. The van der Waals surface area contributed by atoms with Crippen LogP contribution < -0.4 is 11.1 Å². The SMILES string of the molecule is [CH2-]C(=O)CC(C)CNCC.[CH2-]N.[W+2]. The monoisotopic (exact) mass is 356 g/mol. The Morgan fingerprint density at radius 3 is 2.31 bits per heavy atom. The first-order valence-electron chi connectivity index (χ1n) is 4.13. The number of rotatable bonds is 5. The number of carbonyl (C=O) groups is 1. The van der Waals surface area contributed by atoms with Crippen LogP contribution in [0.2, 0.25) is 0 Å². The Labute approximate surface area is 96.1 Å². The quantitative estimate of drug-likeness (QED) is 0.716. The Kier molecular flexibility index (Phi) is 21.2. The summed E-state index contributed by atoms with van der Waals surface area (Å²) >= 11 is 0. The van der Waals surface area contributed by atoms with Crippen molar-refractivity contribution in [1.29, 1.82) is 0 Å². The molecule has 0 fully saturated rings. The number of nitrogens with two attached hydrogens (primary N) is 1. The average Bonchev–Trinajstić information content (AvgIpc) is 2.03. The maximum Gasteiger partial charge on any atom is 2.00 e. The molecule has 4 heteroatoms. The van der Waals surface area contributed by atoms with Gasteiger partial charge in [0.1, 0.15) is 0 Å². The molecule has 0 saturated heterocycles. The van der Waals surface area contributed by atoms with E-state index in [-0.39, 0.29) is 26.8 Å². The van der Waals surface area contributed by atoms with Gasteiger partial charge in [-0.25, -0.2) is 0 Å². The molecule has 1 atom stereocenters. The van der Waals surface area contributed by atoms with E-state index in [1.165, 1.54) is 0 Å². The summed E-state index contributed by atoms with van der Waals surface area (Å²) in [4.78, 5) is 10.5. The Morgan fingerprint density at radius 1 is 1.54 bits per heavy atom. The standard InChI is InChI=1S/C8H16NO.CH4N.W/c1-4-9-6-7(2)5-8(3)10;1-2;/h7,9H,3-6H2,1-2H3;1-2H2;/q2*-1;+2. The van der Waals surface area contributed by atoms with Crippen molar-refractivity contribution in [3.63, 3.8) is 0 Å². The Bertz CT molecular complexity index is 110. The van der Waals surface area contributed by atoms with Crippen LogP contribution in [0, 0.1) is 19.9 Å². The third-order valence-corrected chi connectivity index (χ3v) is 1.32. The molecular weight excluding hydrogens is 336 g/mol. The molecule has 0 bridgehead atoms. The maximum atomic E-state index is 10.5. The molecule has 0 aromatic heterocycles. The number of carbonyl (C=O) groups excluding carboxylic acids is 1. The predicted molar refractivity (Wildman–Crippen MR) is 52.2 cm³/mol. The minimum Gasteiger partial charge on any atom is -0.486 e. The van der Waals surface area contributed by atoms with E-state index < -0.39 is 0 Å². The van der Waals surface area contributed by atoms with Gasteiger partial charge < -0.3 is 22.8 Å². The third kappa shape index (κ3) is 18.8. The van der Waals surface area contributed by atoms with Crippen LogP contribution in [0.25, 0.3) is 0 Å². The molecule has 78 valence electrons. The van der Waals surface area contributed by atoms with Crippen molar-refractivity contribution in [3.05, 3.63) is 14.0 Å². The van der Waals surface area contributed by atoms with E-state index in [2.05, 4.69) is 31.9 Å². The third-order valence-electron chi connectivity index (χ3n) is 1.32. The Hall–Kier alpha value is 0.148. The zero-order valence-electron chi connectivity index (χ0n) is 8.51. The van der Waals surface area contributed by atoms with Gasteiger partial charge in [0, 0.05) is 0 Å². The van der Waals surface area contributed by atoms with E-state index in [1.807, 2.05) is 6.92 Å². The van der Waals surface area contributed by atoms with Crippen LogP contribution in [0.3, 0.4) is 0 Å². The van der Waals surface area contributed by atoms with Gasteiger partial charge in [-0.05, 0) is 31.2 Å². The van der Waals surface area contributed by atoms with Crippen LogP contribution in [0.5, 0.6) is 0 Å². The molecule has 0 aromatic rings. The molecule has 0 spiro atoms. The fraction of sp³-hybridized carbons (Fsp3) is 0.667. The smallest absolute Gasteiger partial charge is 0.486 e. The minimum absolute atomic E-state index is 0. The van der Waals surface area contributed by atoms with Gasteiger partial charge in [-0.3, -0.25) is 7.05 Å². The molecular formula is C9H20N2OW. The molecule has 1 unspecified atom stereocenters. The first-order chi connectivity index (χ1) is 5.66. The molecule has 0 aliphatic heterocycles. The molecule has 0 heterocycles. The maximum absolute atomic E-state index is 10.5.